The summed E-state index contributed by atoms with van der Waals surface area (Å²) in [6.45, 7) is 3.82. The first-order valence-corrected chi connectivity index (χ1v) is 3.72. The Kier molecular flexibility index (Phi) is 2.50. The molecule has 0 fully saturated rings. The molecule has 1 rings (SSSR count). The minimum atomic E-state index is -0.323. The van der Waals surface area contributed by atoms with Gasteiger partial charge in [-0.05, 0) is 11.6 Å². The predicted molar refractivity (Wildman–Crippen MR) is 48.0 cm³/mol. The number of hydrogen-bond acceptors (Lipinski definition) is 0. The molecule has 0 saturated heterocycles. The number of hydrogen-bond donors (Lipinski definition) is 0. The average Bonchev–Trinajstić information content (AvgIpc) is 2.03. The maximum Gasteiger partial charge on any atom is 0.139 e. The van der Waals surface area contributed by atoms with E-state index in [0.717, 1.165) is 11.5 Å². The summed E-state index contributed by atoms with van der Waals surface area (Å²) < 4.78 is 13.1. The van der Waals surface area contributed by atoms with Crippen LogP contribution in [0.25, 0.3) is 0 Å². The second kappa shape index (κ2) is 3.40. The number of benzene rings is 1. The van der Waals surface area contributed by atoms with Crippen molar-refractivity contribution in [3.8, 4) is 12.3 Å². The quantitative estimate of drug-likeness (QED) is 0.555. The van der Waals surface area contributed by atoms with Gasteiger partial charge in [-0.1, -0.05) is 31.9 Å². The van der Waals surface area contributed by atoms with Gasteiger partial charge >= 0.3 is 0 Å². The Balaban J connectivity index is 3.30. The van der Waals surface area contributed by atoms with E-state index in [1.54, 1.807) is 6.07 Å². The standard InChI is InChI=1S/C11H10F/c1-4-9-10(8(2)3)6-5-7-11(9)12/h1,5-7H,2-3H3. The molecule has 0 bridgehead atoms. The van der Waals surface area contributed by atoms with Crippen molar-refractivity contribution in [2.24, 2.45) is 0 Å². The largest absolute Gasteiger partial charge is 0.206 e. The van der Waals surface area contributed by atoms with Crippen molar-refractivity contribution in [3.63, 3.8) is 0 Å². The third kappa shape index (κ3) is 1.48. The van der Waals surface area contributed by atoms with Crippen LogP contribution in [0.2, 0.25) is 0 Å². The van der Waals surface area contributed by atoms with Gasteiger partial charge in [-0.2, -0.15) is 0 Å². The highest BCUT2D eigenvalue weighted by atomic mass is 19.1. The van der Waals surface area contributed by atoms with Gasteiger partial charge in [0.15, 0.2) is 0 Å². The van der Waals surface area contributed by atoms with Crippen LogP contribution in [-0.4, -0.2) is 0 Å². The number of halogens is 1. The van der Waals surface area contributed by atoms with Crippen molar-refractivity contribution < 1.29 is 4.39 Å². The molecule has 1 aromatic rings. The zero-order valence-corrected chi connectivity index (χ0v) is 7.19. The van der Waals surface area contributed by atoms with Crippen molar-refractivity contribution in [2.45, 2.75) is 13.8 Å². The zero-order valence-electron chi connectivity index (χ0n) is 7.19. The van der Waals surface area contributed by atoms with Gasteiger partial charge in [-0.3, -0.25) is 0 Å². The summed E-state index contributed by atoms with van der Waals surface area (Å²) in [4.78, 5) is 0. The molecule has 1 aromatic carbocycles. The summed E-state index contributed by atoms with van der Waals surface area (Å²) in [6.07, 6.45) is 5.19. The first-order valence-electron chi connectivity index (χ1n) is 3.72. The molecule has 0 aliphatic carbocycles. The van der Waals surface area contributed by atoms with E-state index < -0.39 is 0 Å². The molecule has 0 aromatic heterocycles. The van der Waals surface area contributed by atoms with Crippen LogP contribution in [-0.2, 0) is 0 Å². The minimum Gasteiger partial charge on any atom is -0.206 e. The lowest BCUT2D eigenvalue weighted by Crippen LogP contribution is -1.95. The van der Waals surface area contributed by atoms with Crippen LogP contribution in [0.4, 0.5) is 4.39 Å². The zero-order chi connectivity index (χ0) is 9.14. The Hall–Kier alpha value is -1.29. The SMILES string of the molecule is C#Cc1c(F)cccc1[C](C)C. The van der Waals surface area contributed by atoms with Crippen LogP contribution in [0.15, 0.2) is 18.2 Å². The van der Waals surface area contributed by atoms with E-state index in [0.29, 0.717) is 5.56 Å². The number of rotatable bonds is 1. The lowest BCUT2D eigenvalue weighted by molar-refractivity contribution is 0.622. The molecule has 1 radical (unpaired) electrons. The van der Waals surface area contributed by atoms with Crippen LogP contribution in [0, 0.1) is 24.1 Å². The highest BCUT2D eigenvalue weighted by molar-refractivity contribution is 5.46. The second-order valence-corrected chi connectivity index (χ2v) is 2.81. The summed E-state index contributed by atoms with van der Waals surface area (Å²) in [5.74, 6) is 3.06. The Morgan fingerprint density at radius 1 is 1.42 bits per heavy atom. The van der Waals surface area contributed by atoms with E-state index in [2.05, 4.69) is 5.92 Å². The van der Waals surface area contributed by atoms with Crippen molar-refractivity contribution in [3.05, 3.63) is 41.1 Å². The fraction of sp³-hybridized carbons (Fsp3) is 0.182. The Labute approximate surface area is 72.4 Å². The van der Waals surface area contributed by atoms with E-state index in [4.69, 9.17) is 6.42 Å². The van der Waals surface area contributed by atoms with Crippen LogP contribution in [0.3, 0.4) is 0 Å². The fourth-order valence-electron chi connectivity index (χ4n) is 1.09. The van der Waals surface area contributed by atoms with Gasteiger partial charge < -0.3 is 0 Å². The molecule has 0 aliphatic rings. The molecular weight excluding hydrogens is 151 g/mol. The van der Waals surface area contributed by atoms with Gasteiger partial charge in [-0.15, -0.1) is 6.42 Å². The van der Waals surface area contributed by atoms with Crippen LogP contribution < -0.4 is 0 Å². The normalized spacial score (nSPS) is 9.92. The third-order valence-corrected chi connectivity index (χ3v) is 1.70. The van der Waals surface area contributed by atoms with E-state index in [1.165, 1.54) is 6.07 Å². The minimum absolute atomic E-state index is 0.323. The molecule has 0 aliphatic heterocycles. The predicted octanol–water partition coefficient (Wildman–Crippen LogP) is 2.77. The summed E-state index contributed by atoms with van der Waals surface area (Å²) in [5, 5.41) is 0. The van der Waals surface area contributed by atoms with Gasteiger partial charge in [0.25, 0.3) is 0 Å². The Morgan fingerprint density at radius 3 is 2.50 bits per heavy atom. The van der Waals surface area contributed by atoms with Gasteiger partial charge in [-0.25, -0.2) is 4.39 Å². The maximum atomic E-state index is 13.1. The topological polar surface area (TPSA) is 0 Å². The average molecular weight is 161 g/mol. The summed E-state index contributed by atoms with van der Waals surface area (Å²) >= 11 is 0. The van der Waals surface area contributed by atoms with Gasteiger partial charge in [0.2, 0.25) is 0 Å². The molecule has 0 saturated carbocycles. The van der Waals surface area contributed by atoms with Gasteiger partial charge in [0.05, 0.1) is 5.56 Å². The molecule has 0 amide bonds. The van der Waals surface area contributed by atoms with Gasteiger partial charge in [0.1, 0.15) is 5.82 Å². The van der Waals surface area contributed by atoms with E-state index >= 15 is 0 Å². The first-order chi connectivity index (χ1) is 5.66. The van der Waals surface area contributed by atoms with E-state index in [1.807, 2.05) is 19.9 Å². The highest BCUT2D eigenvalue weighted by Crippen LogP contribution is 2.19. The monoisotopic (exact) mass is 161 g/mol. The molecule has 0 heterocycles. The van der Waals surface area contributed by atoms with Crippen LogP contribution in [0.1, 0.15) is 25.0 Å². The Morgan fingerprint density at radius 2 is 2.08 bits per heavy atom. The van der Waals surface area contributed by atoms with Crippen molar-refractivity contribution in [1.29, 1.82) is 0 Å². The summed E-state index contributed by atoms with van der Waals surface area (Å²) in [6, 6.07) is 4.87. The third-order valence-electron chi connectivity index (χ3n) is 1.70. The number of terminal acetylenes is 1. The lowest BCUT2D eigenvalue weighted by atomic mass is 9.97. The molecule has 61 valence electrons. The molecule has 0 atom stereocenters. The van der Waals surface area contributed by atoms with Gasteiger partial charge in [0, 0.05) is 5.92 Å². The molecule has 0 N–H and O–H groups in total. The molecular formula is C11H10F. The van der Waals surface area contributed by atoms with Crippen molar-refractivity contribution in [1.82, 2.24) is 0 Å². The van der Waals surface area contributed by atoms with Crippen molar-refractivity contribution in [2.75, 3.05) is 0 Å². The fourth-order valence-corrected chi connectivity index (χ4v) is 1.09. The van der Waals surface area contributed by atoms with E-state index in [-0.39, 0.29) is 5.82 Å². The first kappa shape index (κ1) is 8.80. The lowest BCUT2D eigenvalue weighted by Gasteiger charge is -2.07. The molecule has 0 nitrogen and oxygen atoms in total. The van der Waals surface area contributed by atoms with Crippen LogP contribution >= 0.6 is 0 Å². The Bertz CT molecular complexity index is 318. The maximum absolute atomic E-state index is 13.1. The highest BCUT2D eigenvalue weighted by Gasteiger charge is 2.08. The summed E-state index contributed by atoms with van der Waals surface area (Å²) in [5.41, 5.74) is 1.18. The summed E-state index contributed by atoms with van der Waals surface area (Å²) in [7, 11) is 0. The molecule has 0 unspecified atom stereocenters. The molecule has 0 spiro atoms. The van der Waals surface area contributed by atoms with Crippen LogP contribution in [0.5, 0.6) is 0 Å². The second-order valence-electron chi connectivity index (χ2n) is 2.81. The van der Waals surface area contributed by atoms with E-state index in [9.17, 15) is 4.39 Å². The van der Waals surface area contributed by atoms with Crippen molar-refractivity contribution >= 4 is 0 Å². The smallest absolute Gasteiger partial charge is 0.139 e. The molecule has 12 heavy (non-hydrogen) atoms. The molecule has 1 heteroatoms.